The Labute approximate surface area is 123 Å². The molecule has 20 heavy (non-hydrogen) atoms. The van der Waals surface area contributed by atoms with Gasteiger partial charge in [0, 0.05) is 12.7 Å². The van der Waals surface area contributed by atoms with Crippen LogP contribution in [0.1, 0.15) is 49.4 Å². The fourth-order valence-electron chi connectivity index (χ4n) is 2.85. The Kier molecular flexibility index (Phi) is 7.03. The van der Waals surface area contributed by atoms with E-state index in [1.54, 1.807) is 14.2 Å². The zero-order chi connectivity index (χ0) is 15.1. The van der Waals surface area contributed by atoms with E-state index in [1.807, 2.05) is 0 Å². The molecule has 0 heterocycles. The molecule has 0 aliphatic carbocycles. The lowest BCUT2D eigenvalue weighted by molar-refractivity contribution is 0.0601. The molecule has 0 fully saturated rings. The van der Waals surface area contributed by atoms with Gasteiger partial charge in [0.05, 0.1) is 19.3 Å². The summed E-state index contributed by atoms with van der Waals surface area (Å²) in [7, 11) is 3.53. The number of ether oxygens (including phenoxy) is 2. The predicted octanol–water partition coefficient (Wildman–Crippen LogP) is 3.78. The Balaban J connectivity index is 3.26. The zero-order valence-electron chi connectivity index (χ0n) is 13.7. The molecule has 1 rings (SSSR count). The highest BCUT2D eigenvalue weighted by Gasteiger charge is 2.26. The average Bonchev–Trinajstić information content (AvgIpc) is 2.42. The van der Waals surface area contributed by atoms with Crippen LogP contribution in [0.25, 0.3) is 0 Å². The summed E-state index contributed by atoms with van der Waals surface area (Å²) in [6, 6.07) is 4.48. The lowest BCUT2D eigenvalue weighted by atomic mass is 9.92. The van der Waals surface area contributed by atoms with Crippen LogP contribution in [0, 0.1) is 13.8 Å². The normalized spacial score (nSPS) is 14.1. The number of methoxy groups -OCH3 is 2. The quantitative estimate of drug-likeness (QED) is 0.785. The lowest BCUT2D eigenvalue weighted by Gasteiger charge is -2.29. The highest BCUT2D eigenvalue weighted by molar-refractivity contribution is 5.45. The standard InChI is InChI=1S/C17H29NO2/c1-7-9-14(19-5)17(18-8-2)16-13(4)10-12(3)11-15(16)20-6/h10-11,14,17-18H,7-9H2,1-6H3. The van der Waals surface area contributed by atoms with Gasteiger partial charge in [-0.25, -0.2) is 0 Å². The van der Waals surface area contributed by atoms with Crippen molar-refractivity contribution < 1.29 is 9.47 Å². The van der Waals surface area contributed by atoms with E-state index in [9.17, 15) is 0 Å². The molecule has 0 saturated heterocycles. The molecule has 3 nitrogen and oxygen atoms in total. The second-order valence-corrected chi connectivity index (χ2v) is 5.30. The molecule has 3 heteroatoms. The van der Waals surface area contributed by atoms with Crippen LogP contribution in [0.15, 0.2) is 12.1 Å². The molecular formula is C17H29NO2. The summed E-state index contributed by atoms with van der Waals surface area (Å²) in [5.41, 5.74) is 3.70. The maximum atomic E-state index is 5.73. The molecule has 0 aliphatic rings. The SMILES string of the molecule is CCCC(OC)C(NCC)c1c(C)cc(C)cc1OC. The second-order valence-electron chi connectivity index (χ2n) is 5.30. The molecule has 0 spiro atoms. The first-order valence-electron chi connectivity index (χ1n) is 7.50. The van der Waals surface area contributed by atoms with Crippen molar-refractivity contribution in [1.29, 1.82) is 0 Å². The van der Waals surface area contributed by atoms with Crippen LogP contribution in [0.4, 0.5) is 0 Å². The van der Waals surface area contributed by atoms with Crippen LogP contribution in [-0.4, -0.2) is 26.9 Å². The van der Waals surface area contributed by atoms with E-state index in [0.29, 0.717) is 0 Å². The maximum Gasteiger partial charge on any atom is 0.124 e. The molecule has 2 atom stereocenters. The van der Waals surface area contributed by atoms with Gasteiger partial charge in [-0.1, -0.05) is 26.3 Å². The largest absolute Gasteiger partial charge is 0.496 e. The Bertz CT molecular complexity index is 418. The van der Waals surface area contributed by atoms with Gasteiger partial charge in [0.2, 0.25) is 0 Å². The van der Waals surface area contributed by atoms with E-state index < -0.39 is 0 Å². The van der Waals surface area contributed by atoms with Crippen LogP contribution in [0.2, 0.25) is 0 Å². The van der Waals surface area contributed by atoms with Gasteiger partial charge in [-0.05, 0) is 44.0 Å². The van der Waals surface area contributed by atoms with Gasteiger partial charge in [-0.3, -0.25) is 0 Å². The molecule has 2 unspecified atom stereocenters. The van der Waals surface area contributed by atoms with Crippen molar-refractivity contribution >= 4 is 0 Å². The van der Waals surface area contributed by atoms with Crippen LogP contribution in [0.5, 0.6) is 5.75 Å². The fraction of sp³-hybridized carbons (Fsp3) is 0.647. The number of benzene rings is 1. The third-order valence-electron chi connectivity index (χ3n) is 3.70. The fourth-order valence-corrected chi connectivity index (χ4v) is 2.85. The molecule has 0 aromatic heterocycles. The monoisotopic (exact) mass is 279 g/mol. The highest BCUT2D eigenvalue weighted by Crippen LogP contribution is 2.33. The number of rotatable bonds is 8. The summed E-state index contributed by atoms with van der Waals surface area (Å²) in [5, 5.41) is 3.56. The zero-order valence-corrected chi connectivity index (χ0v) is 13.7. The molecule has 1 N–H and O–H groups in total. The molecule has 0 bridgehead atoms. The molecule has 0 saturated carbocycles. The van der Waals surface area contributed by atoms with E-state index in [1.165, 1.54) is 16.7 Å². The van der Waals surface area contributed by atoms with E-state index in [4.69, 9.17) is 9.47 Å². The first-order valence-corrected chi connectivity index (χ1v) is 7.50. The number of hydrogen-bond donors (Lipinski definition) is 1. The van der Waals surface area contributed by atoms with Gasteiger partial charge in [0.25, 0.3) is 0 Å². The third kappa shape index (κ3) is 3.97. The predicted molar refractivity (Wildman–Crippen MR) is 84.6 cm³/mol. The van der Waals surface area contributed by atoms with Gasteiger partial charge in [0.15, 0.2) is 0 Å². The summed E-state index contributed by atoms with van der Waals surface area (Å²) >= 11 is 0. The average molecular weight is 279 g/mol. The van der Waals surface area contributed by atoms with Gasteiger partial charge < -0.3 is 14.8 Å². The van der Waals surface area contributed by atoms with Crippen molar-refractivity contribution in [1.82, 2.24) is 5.32 Å². The second kappa shape index (κ2) is 8.28. The van der Waals surface area contributed by atoms with Crippen LogP contribution < -0.4 is 10.1 Å². The van der Waals surface area contributed by atoms with Crippen LogP contribution in [0.3, 0.4) is 0 Å². The highest BCUT2D eigenvalue weighted by atomic mass is 16.5. The van der Waals surface area contributed by atoms with E-state index in [2.05, 4.69) is 45.1 Å². The first-order chi connectivity index (χ1) is 9.58. The Morgan fingerprint density at radius 2 is 1.85 bits per heavy atom. The number of aryl methyl sites for hydroxylation is 2. The van der Waals surface area contributed by atoms with Crippen LogP contribution in [-0.2, 0) is 4.74 Å². The Morgan fingerprint density at radius 1 is 1.15 bits per heavy atom. The summed E-state index contributed by atoms with van der Waals surface area (Å²) in [6.45, 7) is 9.47. The number of hydrogen-bond acceptors (Lipinski definition) is 3. The molecule has 0 radical (unpaired) electrons. The van der Waals surface area contributed by atoms with Gasteiger partial charge >= 0.3 is 0 Å². The first kappa shape index (κ1) is 17.0. The van der Waals surface area contributed by atoms with Crippen molar-refractivity contribution in [3.8, 4) is 5.75 Å². The molecule has 114 valence electrons. The van der Waals surface area contributed by atoms with Crippen molar-refractivity contribution in [2.75, 3.05) is 20.8 Å². The minimum atomic E-state index is 0.162. The molecule has 0 amide bonds. The van der Waals surface area contributed by atoms with Crippen molar-refractivity contribution in [3.63, 3.8) is 0 Å². The summed E-state index contributed by atoms with van der Waals surface area (Å²) in [6.07, 6.45) is 2.30. The summed E-state index contributed by atoms with van der Waals surface area (Å²) < 4.78 is 11.3. The van der Waals surface area contributed by atoms with Crippen molar-refractivity contribution in [3.05, 3.63) is 28.8 Å². The maximum absolute atomic E-state index is 5.73. The van der Waals surface area contributed by atoms with Crippen LogP contribution >= 0.6 is 0 Å². The van der Waals surface area contributed by atoms with Gasteiger partial charge in [0.1, 0.15) is 5.75 Å². The Morgan fingerprint density at radius 3 is 2.35 bits per heavy atom. The van der Waals surface area contributed by atoms with Crippen molar-refractivity contribution in [2.45, 2.75) is 52.7 Å². The number of likely N-dealkylation sites (N-methyl/N-ethyl adjacent to an activating group) is 1. The van der Waals surface area contributed by atoms with E-state index >= 15 is 0 Å². The minimum absolute atomic E-state index is 0.162. The van der Waals surface area contributed by atoms with Gasteiger partial charge in [-0.2, -0.15) is 0 Å². The summed E-state index contributed by atoms with van der Waals surface area (Å²) in [5.74, 6) is 0.951. The van der Waals surface area contributed by atoms with Gasteiger partial charge in [-0.15, -0.1) is 0 Å². The summed E-state index contributed by atoms with van der Waals surface area (Å²) in [4.78, 5) is 0. The topological polar surface area (TPSA) is 30.5 Å². The number of nitrogens with one attached hydrogen (secondary N) is 1. The Hall–Kier alpha value is -1.06. The molecule has 1 aromatic rings. The van der Waals surface area contributed by atoms with E-state index in [-0.39, 0.29) is 12.1 Å². The molecule has 0 aliphatic heterocycles. The van der Waals surface area contributed by atoms with E-state index in [0.717, 1.165) is 25.1 Å². The minimum Gasteiger partial charge on any atom is -0.496 e. The third-order valence-corrected chi connectivity index (χ3v) is 3.70. The van der Waals surface area contributed by atoms with Crippen molar-refractivity contribution in [2.24, 2.45) is 0 Å². The molecular weight excluding hydrogens is 250 g/mol. The lowest BCUT2D eigenvalue weighted by Crippen LogP contribution is -2.34. The molecule has 1 aromatic carbocycles. The smallest absolute Gasteiger partial charge is 0.124 e.